The minimum atomic E-state index is -3.89. The molecule has 3 aliphatic rings. The van der Waals surface area contributed by atoms with Crippen LogP contribution in [0.15, 0.2) is 47.4 Å². The number of piperidine rings is 1. The second kappa shape index (κ2) is 14.6. The summed E-state index contributed by atoms with van der Waals surface area (Å²) in [6.07, 6.45) is 8.18. The summed E-state index contributed by atoms with van der Waals surface area (Å²) in [4.78, 5) is 15.3. The van der Waals surface area contributed by atoms with Crippen molar-refractivity contribution in [1.82, 2.24) is 14.5 Å². The Balaban J connectivity index is 1.07. The SMILES string of the molecule is O=C(COCC1CCCN(S(=O)(=O)c2c(Cl)cc(Cl)cc2Cl)C1)NC1CCC(C(c2ccccc2)N2CCCC2)CC1. The number of sulfonamides is 1. The van der Waals surface area contributed by atoms with E-state index in [0.29, 0.717) is 31.5 Å². The van der Waals surface area contributed by atoms with Crippen LogP contribution in [0.2, 0.25) is 15.1 Å². The molecule has 11 heteroatoms. The Morgan fingerprint density at radius 2 is 1.60 bits per heavy atom. The molecule has 2 heterocycles. The van der Waals surface area contributed by atoms with Gasteiger partial charge in [0.1, 0.15) is 11.5 Å². The van der Waals surface area contributed by atoms with Gasteiger partial charge < -0.3 is 10.1 Å². The number of hydrogen-bond donors (Lipinski definition) is 1. The van der Waals surface area contributed by atoms with E-state index in [1.54, 1.807) is 0 Å². The number of ether oxygens (including phenoxy) is 1. The van der Waals surface area contributed by atoms with E-state index in [0.717, 1.165) is 32.1 Å². The highest BCUT2D eigenvalue weighted by molar-refractivity contribution is 7.89. The second-order valence-electron chi connectivity index (χ2n) is 11.9. The fraction of sp³-hybridized carbons (Fsp3) is 0.581. The Labute approximate surface area is 264 Å². The van der Waals surface area contributed by atoms with Crippen molar-refractivity contribution in [2.24, 2.45) is 11.8 Å². The van der Waals surface area contributed by atoms with Gasteiger partial charge >= 0.3 is 0 Å². The van der Waals surface area contributed by atoms with Gasteiger partial charge in [-0.15, -0.1) is 0 Å². The third-order valence-electron chi connectivity index (χ3n) is 8.89. The number of halogens is 3. The molecule has 2 aliphatic heterocycles. The largest absolute Gasteiger partial charge is 0.371 e. The van der Waals surface area contributed by atoms with Crippen LogP contribution in [0.5, 0.6) is 0 Å². The van der Waals surface area contributed by atoms with E-state index in [9.17, 15) is 13.2 Å². The first kappa shape index (κ1) is 32.0. The minimum Gasteiger partial charge on any atom is -0.371 e. The molecule has 0 bridgehead atoms. The number of carbonyl (C=O) groups is 1. The lowest BCUT2D eigenvalue weighted by atomic mass is 9.78. The van der Waals surface area contributed by atoms with Crippen LogP contribution < -0.4 is 5.32 Å². The van der Waals surface area contributed by atoms with Gasteiger partial charge in [0.2, 0.25) is 15.9 Å². The van der Waals surface area contributed by atoms with Gasteiger partial charge in [0.05, 0.1) is 16.7 Å². The van der Waals surface area contributed by atoms with E-state index in [1.165, 1.54) is 47.9 Å². The van der Waals surface area contributed by atoms with Crippen LogP contribution in [0.25, 0.3) is 0 Å². The van der Waals surface area contributed by atoms with E-state index in [1.807, 2.05) is 0 Å². The van der Waals surface area contributed by atoms with Gasteiger partial charge in [-0.25, -0.2) is 8.42 Å². The van der Waals surface area contributed by atoms with Gasteiger partial charge in [0.15, 0.2) is 0 Å². The molecule has 230 valence electrons. The number of nitrogens with one attached hydrogen (secondary N) is 1. The molecular weight excluding hydrogens is 617 g/mol. The van der Waals surface area contributed by atoms with Crippen molar-refractivity contribution < 1.29 is 17.9 Å². The zero-order valence-electron chi connectivity index (χ0n) is 23.8. The minimum absolute atomic E-state index is 0.00297. The highest BCUT2D eigenvalue weighted by atomic mass is 35.5. The average Bonchev–Trinajstić information content (AvgIpc) is 3.49. The molecule has 1 saturated carbocycles. The third kappa shape index (κ3) is 7.81. The second-order valence-corrected chi connectivity index (χ2v) is 15.0. The summed E-state index contributed by atoms with van der Waals surface area (Å²) in [5.74, 6) is 0.456. The van der Waals surface area contributed by atoms with Gasteiger partial charge in [0.25, 0.3) is 0 Å². The first-order valence-corrected chi connectivity index (χ1v) is 17.6. The van der Waals surface area contributed by atoms with E-state index in [4.69, 9.17) is 39.5 Å². The molecule has 2 aromatic carbocycles. The summed E-state index contributed by atoms with van der Waals surface area (Å²) in [6, 6.07) is 14.3. The van der Waals surface area contributed by atoms with Crippen LogP contribution in [-0.2, 0) is 19.6 Å². The number of carbonyl (C=O) groups excluding carboxylic acids is 1. The molecule has 2 saturated heterocycles. The van der Waals surface area contributed by atoms with E-state index in [-0.39, 0.29) is 51.0 Å². The molecule has 5 rings (SSSR count). The predicted octanol–water partition coefficient (Wildman–Crippen LogP) is 6.58. The van der Waals surface area contributed by atoms with E-state index >= 15 is 0 Å². The summed E-state index contributed by atoms with van der Waals surface area (Å²) < 4.78 is 33.8. The molecule has 2 unspecified atom stereocenters. The van der Waals surface area contributed by atoms with Crippen molar-refractivity contribution in [3.05, 3.63) is 63.1 Å². The summed E-state index contributed by atoms with van der Waals surface area (Å²) in [5, 5.41) is 3.46. The van der Waals surface area contributed by atoms with Crippen molar-refractivity contribution >= 4 is 50.7 Å². The summed E-state index contributed by atoms with van der Waals surface area (Å²) in [5.41, 5.74) is 1.41. The number of amides is 1. The maximum atomic E-state index is 13.3. The highest BCUT2D eigenvalue weighted by Gasteiger charge is 2.35. The summed E-state index contributed by atoms with van der Waals surface area (Å²) in [6.45, 7) is 3.27. The van der Waals surface area contributed by atoms with Crippen LogP contribution in [0.1, 0.15) is 63.0 Å². The monoisotopic (exact) mass is 655 g/mol. The third-order valence-corrected chi connectivity index (χ3v) is 11.9. The van der Waals surface area contributed by atoms with Crippen LogP contribution in [0, 0.1) is 11.8 Å². The van der Waals surface area contributed by atoms with Crippen molar-refractivity contribution in [3.63, 3.8) is 0 Å². The fourth-order valence-corrected chi connectivity index (χ4v) is 9.95. The van der Waals surface area contributed by atoms with Crippen molar-refractivity contribution in [2.75, 3.05) is 39.4 Å². The Morgan fingerprint density at radius 1 is 0.929 bits per heavy atom. The molecule has 2 aromatic rings. The first-order valence-electron chi connectivity index (χ1n) is 15.0. The maximum absolute atomic E-state index is 13.3. The van der Waals surface area contributed by atoms with Gasteiger partial charge in [0, 0.05) is 30.2 Å². The highest BCUT2D eigenvalue weighted by Crippen LogP contribution is 2.40. The van der Waals surface area contributed by atoms with Crippen molar-refractivity contribution in [1.29, 1.82) is 0 Å². The van der Waals surface area contributed by atoms with Crippen LogP contribution in [0.3, 0.4) is 0 Å². The number of nitrogens with zero attached hydrogens (tertiary/aromatic N) is 2. The lowest BCUT2D eigenvalue weighted by molar-refractivity contribution is -0.127. The summed E-state index contributed by atoms with van der Waals surface area (Å²) in [7, 11) is -3.89. The molecular formula is C31H40Cl3N3O4S. The molecule has 42 heavy (non-hydrogen) atoms. The average molecular weight is 657 g/mol. The fourth-order valence-electron chi connectivity index (χ4n) is 6.90. The zero-order chi connectivity index (χ0) is 29.7. The molecule has 1 N–H and O–H groups in total. The number of rotatable bonds is 10. The van der Waals surface area contributed by atoms with Crippen LogP contribution in [-0.4, -0.2) is 69.0 Å². The quantitative estimate of drug-likeness (QED) is 0.313. The predicted molar refractivity (Wildman–Crippen MR) is 168 cm³/mol. The number of hydrogen-bond acceptors (Lipinski definition) is 5. The maximum Gasteiger partial charge on any atom is 0.246 e. The Bertz CT molecular complexity index is 1290. The van der Waals surface area contributed by atoms with Gasteiger partial charge in [-0.1, -0.05) is 65.1 Å². The normalized spacial score (nSPS) is 24.9. The molecule has 7 nitrogen and oxygen atoms in total. The smallest absolute Gasteiger partial charge is 0.246 e. The molecule has 1 aliphatic carbocycles. The number of likely N-dealkylation sites (tertiary alicyclic amines) is 1. The van der Waals surface area contributed by atoms with E-state index < -0.39 is 10.0 Å². The molecule has 2 atom stereocenters. The van der Waals surface area contributed by atoms with Crippen molar-refractivity contribution in [2.45, 2.75) is 68.3 Å². The number of benzene rings is 2. The van der Waals surface area contributed by atoms with Gasteiger partial charge in [-0.05, 0) is 94.0 Å². The Morgan fingerprint density at radius 3 is 2.26 bits per heavy atom. The topological polar surface area (TPSA) is 78.9 Å². The lowest BCUT2D eigenvalue weighted by Crippen LogP contribution is -2.43. The summed E-state index contributed by atoms with van der Waals surface area (Å²) >= 11 is 18.4. The first-order chi connectivity index (χ1) is 20.2. The van der Waals surface area contributed by atoms with E-state index in [2.05, 4.69) is 40.5 Å². The van der Waals surface area contributed by atoms with Gasteiger partial charge in [-0.2, -0.15) is 4.31 Å². The Hall–Kier alpha value is -1.39. The zero-order valence-corrected chi connectivity index (χ0v) is 26.9. The molecule has 1 amide bonds. The molecule has 0 radical (unpaired) electrons. The standard InChI is InChI=1S/C31H40Cl3N3O4S/c32-25-17-27(33)31(28(34)18-25)42(39,40)37-16-6-7-22(19-37)20-41-21-29(38)35-26-12-10-24(11-13-26)30(36-14-4-5-15-36)23-8-2-1-3-9-23/h1-3,8-9,17-18,22,24,26,30H,4-7,10-16,19-21H2,(H,35,38). The molecule has 0 spiro atoms. The van der Waals surface area contributed by atoms with Crippen LogP contribution >= 0.6 is 34.8 Å². The lowest BCUT2D eigenvalue weighted by Gasteiger charge is -2.39. The molecule has 3 fully saturated rings. The Kier molecular flexibility index (Phi) is 11.1. The molecule has 0 aromatic heterocycles. The van der Waals surface area contributed by atoms with Gasteiger partial charge in [-0.3, -0.25) is 9.69 Å². The van der Waals surface area contributed by atoms with Crippen molar-refractivity contribution in [3.8, 4) is 0 Å². The van der Waals surface area contributed by atoms with Crippen LogP contribution in [0.4, 0.5) is 0 Å².